The lowest BCUT2D eigenvalue weighted by molar-refractivity contribution is -0.124. The van der Waals surface area contributed by atoms with Crippen molar-refractivity contribution in [2.24, 2.45) is 0 Å². The molecule has 0 spiro atoms. The zero-order valence-electron chi connectivity index (χ0n) is 6.22. The maximum atomic E-state index is 10.7. The number of nitrogens with one attached hydrogen (secondary N) is 1. The average molecular weight is 159 g/mol. The first-order valence-electron chi connectivity index (χ1n) is 3.74. The lowest BCUT2D eigenvalue weighted by Gasteiger charge is -2.24. The van der Waals surface area contributed by atoms with Crippen LogP contribution >= 0.6 is 11.8 Å². The average Bonchev–Trinajstić information content (AvgIpc) is 1.95. The summed E-state index contributed by atoms with van der Waals surface area (Å²) in [5.74, 6) is 1.36. The summed E-state index contributed by atoms with van der Waals surface area (Å²) < 4.78 is 0. The van der Waals surface area contributed by atoms with Crippen molar-refractivity contribution in [2.45, 2.75) is 25.0 Å². The number of amides is 1. The molecule has 0 bridgehead atoms. The molecular formula is C7H13NOS. The van der Waals surface area contributed by atoms with E-state index in [0.717, 1.165) is 12.3 Å². The molecule has 1 aliphatic heterocycles. The van der Waals surface area contributed by atoms with Crippen LogP contribution in [0.15, 0.2) is 0 Å². The Bertz CT molecular complexity index is 127. The minimum absolute atomic E-state index is 0.223. The summed E-state index contributed by atoms with van der Waals surface area (Å²) in [4.78, 5) is 10.7. The van der Waals surface area contributed by atoms with Gasteiger partial charge in [0.05, 0.1) is 0 Å². The Morgan fingerprint density at radius 3 is 3.00 bits per heavy atom. The second-order valence-corrected chi connectivity index (χ2v) is 3.77. The summed E-state index contributed by atoms with van der Waals surface area (Å²) >= 11 is 1.78. The van der Waals surface area contributed by atoms with Crippen LogP contribution in [-0.2, 0) is 4.79 Å². The molecule has 58 valence electrons. The molecule has 3 heteroatoms. The minimum atomic E-state index is 0.223. The first-order chi connectivity index (χ1) is 4.84. The third kappa shape index (κ3) is 1.90. The molecule has 2 nitrogen and oxygen atoms in total. The molecule has 1 atom stereocenters. The number of carbonyl (C=O) groups excluding carboxylic acids is 1. The molecule has 0 aromatic rings. The van der Waals surface area contributed by atoms with Crippen LogP contribution in [0.3, 0.4) is 0 Å². The van der Waals surface area contributed by atoms with E-state index in [4.69, 9.17) is 0 Å². The van der Waals surface area contributed by atoms with Gasteiger partial charge in [-0.15, -0.1) is 11.8 Å². The lowest BCUT2D eigenvalue weighted by atomic mass is 10.3. The number of hydrogen-bond acceptors (Lipinski definition) is 2. The monoisotopic (exact) mass is 159 g/mol. The van der Waals surface area contributed by atoms with Crippen molar-refractivity contribution in [3.05, 3.63) is 0 Å². The van der Waals surface area contributed by atoms with E-state index in [9.17, 15) is 4.79 Å². The number of unbranched alkanes of at least 4 members (excludes halogenated alkanes) is 1. The molecule has 1 heterocycles. The lowest BCUT2D eigenvalue weighted by Crippen LogP contribution is -2.51. The van der Waals surface area contributed by atoms with E-state index in [1.807, 2.05) is 0 Å². The van der Waals surface area contributed by atoms with Crippen molar-refractivity contribution >= 4 is 17.7 Å². The molecule has 10 heavy (non-hydrogen) atoms. The molecule has 1 rings (SSSR count). The predicted molar refractivity (Wildman–Crippen MR) is 44.2 cm³/mol. The summed E-state index contributed by atoms with van der Waals surface area (Å²) in [7, 11) is 0. The van der Waals surface area contributed by atoms with Crippen LogP contribution in [0.2, 0.25) is 0 Å². The molecule has 0 radical (unpaired) electrons. The Labute approximate surface area is 65.8 Å². The minimum Gasteiger partial charge on any atom is -0.353 e. The Hall–Kier alpha value is -0.180. The Morgan fingerprint density at radius 2 is 2.60 bits per heavy atom. The first-order valence-corrected chi connectivity index (χ1v) is 4.78. The summed E-state index contributed by atoms with van der Waals surface area (Å²) in [5.41, 5.74) is 0. The summed E-state index contributed by atoms with van der Waals surface area (Å²) in [5, 5.41) is 3.00. The second kappa shape index (κ2) is 3.86. The van der Waals surface area contributed by atoms with E-state index >= 15 is 0 Å². The summed E-state index contributed by atoms with van der Waals surface area (Å²) in [6.07, 6.45) is 2.45. The van der Waals surface area contributed by atoms with Gasteiger partial charge in [-0.05, 0) is 12.2 Å². The third-order valence-corrected chi connectivity index (χ3v) is 2.88. The van der Waals surface area contributed by atoms with Gasteiger partial charge in [0.1, 0.15) is 5.25 Å². The molecule has 1 N–H and O–H groups in total. The van der Waals surface area contributed by atoms with E-state index in [-0.39, 0.29) is 11.2 Å². The van der Waals surface area contributed by atoms with Crippen molar-refractivity contribution in [1.29, 1.82) is 0 Å². The SMILES string of the molecule is CCCCSC1CNC1=O. The maximum absolute atomic E-state index is 10.7. The molecule has 1 aliphatic rings. The zero-order chi connectivity index (χ0) is 7.40. The van der Waals surface area contributed by atoms with E-state index in [1.165, 1.54) is 12.8 Å². The largest absolute Gasteiger partial charge is 0.353 e. The van der Waals surface area contributed by atoms with Crippen LogP contribution in [0, 0.1) is 0 Å². The van der Waals surface area contributed by atoms with Crippen molar-refractivity contribution in [2.75, 3.05) is 12.3 Å². The van der Waals surface area contributed by atoms with Gasteiger partial charge in [-0.25, -0.2) is 0 Å². The Balaban J connectivity index is 1.98. The standard InChI is InChI=1S/C7H13NOS/c1-2-3-4-10-6-5-8-7(6)9/h6H,2-5H2,1H3,(H,8,9). The zero-order valence-corrected chi connectivity index (χ0v) is 7.04. The van der Waals surface area contributed by atoms with E-state index in [0.29, 0.717) is 0 Å². The molecule has 1 fully saturated rings. The highest BCUT2D eigenvalue weighted by Crippen LogP contribution is 2.17. The van der Waals surface area contributed by atoms with Gasteiger partial charge in [-0.2, -0.15) is 0 Å². The second-order valence-electron chi connectivity index (χ2n) is 2.46. The number of β-lactam (4-membered cyclic amide) rings is 1. The van der Waals surface area contributed by atoms with Gasteiger partial charge in [0.15, 0.2) is 0 Å². The highest BCUT2D eigenvalue weighted by Gasteiger charge is 2.26. The fraction of sp³-hybridized carbons (Fsp3) is 0.857. The van der Waals surface area contributed by atoms with Gasteiger partial charge in [0, 0.05) is 6.54 Å². The fourth-order valence-corrected chi connectivity index (χ4v) is 1.95. The molecule has 0 aromatic carbocycles. The smallest absolute Gasteiger partial charge is 0.234 e. The van der Waals surface area contributed by atoms with Crippen molar-refractivity contribution in [3.63, 3.8) is 0 Å². The van der Waals surface area contributed by atoms with Gasteiger partial charge in [-0.3, -0.25) is 4.79 Å². The molecule has 0 aromatic heterocycles. The van der Waals surface area contributed by atoms with E-state index < -0.39 is 0 Å². The van der Waals surface area contributed by atoms with Crippen LogP contribution in [0.25, 0.3) is 0 Å². The number of thioether (sulfide) groups is 1. The Kier molecular flexibility index (Phi) is 3.06. The summed E-state index contributed by atoms with van der Waals surface area (Å²) in [6.45, 7) is 3.05. The van der Waals surface area contributed by atoms with Gasteiger partial charge >= 0.3 is 0 Å². The first kappa shape index (κ1) is 7.92. The van der Waals surface area contributed by atoms with E-state index in [1.54, 1.807) is 11.8 Å². The van der Waals surface area contributed by atoms with Crippen molar-refractivity contribution < 1.29 is 4.79 Å². The molecule has 1 amide bonds. The highest BCUT2D eigenvalue weighted by atomic mass is 32.2. The van der Waals surface area contributed by atoms with Gasteiger partial charge < -0.3 is 5.32 Å². The topological polar surface area (TPSA) is 29.1 Å². The molecule has 0 saturated carbocycles. The van der Waals surface area contributed by atoms with Gasteiger partial charge in [0.25, 0.3) is 0 Å². The van der Waals surface area contributed by atoms with Crippen LogP contribution in [0.5, 0.6) is 0 Å². The van der Waals surface area contributed by atoms with Crippen LogP contribution in [0.1, 0.15) is 19.8 Å². The predicted octanol–water partition coefficient (Wildman–Crippen LogP) is 1.02. The molecule has 0 aliphatic carbocycles. The van der Waals surface area contributed by atoms with Crippen LogP contribution in [-0.4, -0.2) is 23.5 Å². The molecule has 1 unspecified atom stereocenters. The van der Waals surface area contributed by atoms with Gasteiger partial charge in [-0.1, -0.05) is 13.3 Å². The number of rotatable bonds is 4. The van der Waals surface area contributed by atoms with Crippen LogP contribution < -0.4 is 5.32 Å². The van der Waals surface area contributed by atoms with Crippen molar-refractivity contribution in [1.82, 2.24) is 5.32 Å². The third-order valence-electron chi connectivity index (χ3n) is 1.57. The number of carbonyl (C=O) groups is 1. The maximum Gasteiger partial charge on any atom is 0.234 e. The Morgan fingerprint density at radius 1 is 1.80 bits per heavy atom. The fourth-order valence-electron chi connectivity index (χ4n) is 0.773. The van der Waals surface area contributed by atoms with Crippen molar-refractivity contribution in [3.8, 4) is 0 Å². The molecule has 1 saturated heterocycles. The van der Waals surface area contributed by atoms with Crippen LogP contribution in [0.4, 0.5) is 0 Å². The normalized spacial score (nSPS) is 23.7. The molecular weight excluding hydrogens is 146 g/mol. The van der Waals surface area contributed by atoms with E-state index in [2.05, 4.69) is 12.2 Å². The number of hydrogen-bond donors (Lipinski definition) is 1. The highest BCUT2D eigenvalue weighted by molar-refractivity contribution is 8.00. The van der Waals surface area contributed by atoms with Gasteiger partial charge in [0.2, 0.25) is 5.91 Å². The summed E-state index contributed by atoms with van der Waals surface area (Å²) in [6, 6.07) is 0. The quantitative estimate of drug-likeness (QED) is 0.490.